The molecule has 0 unspecified atom stereocenters. The Balaban J connectivity index is 0.869. The van der Waals surface area contributed by atoms with Crippen LogP contribution < -0.4 is 95.7 Å². The molecule has 3 aromatic heterocycles. The molecule has 0 spiro atoms. The number of unbranched alkanes of at least 4 members (excludes halogenated alkanes) is 18. The lowest BCUT2D eigenvalue weighted by molar-refractivity contribution is -0.131. The van der Waals surface area contributed by atoms with Gasteiger partial charge < -0.3 is 115 Å². The fourth-order valence-electron chi connectivity index (χ4n) is 18.9. The SMILES string of the molecule is CCNCCCCNCCCCNCCCCNCCCCNCCCCNCCCCNCCCCNCCCCNCCCCN(CC)C(=O)CCC1=C(C)c2cc3[nH]c(cc4[nH]c(cc5nc(cc1n2)C(CCC(=O)N(CC)CCCCNCCCCNCCCCNCCCCNCCCCNCCCCNCCCCNCCCCNCCCCNCC)=C5C)c(CC)c4C)c(CC)c3C. The quantitative estimate of drug-likeness (QED) is 0.0234. The average Bonchev–Trinajstić information content (AvgIpc) is 1.62. The normalized spacial score (nSPS) is 12.4. The lowest BCUT2D eigenvalue weighted by atomic mass is 9.97. The Labute approximate surface area is 856 Å². The van der Waals surface area contributed by atoms with E-state index in [1.54, 1.807) is 0 Å². The minimum absolute atomic E-state index is 0.182. The van der Waals surface area contributed by atoms with Crippen molar-refractivity contribution in [2.75, 3.05) is 262 Å². The number of rotatable bonds is 102. The van der Waals surface area contributed by atoms with Crippen LogP contribution in [0, 0.1) is 13.8 Å². The Morgan fingerprint density at radius 2 is 0.421 bits per heavy atom. The van der Waals surface area contributed by atoms with Gasteiger partial charge in [-0.2, -0.15) is 0 Å². The highest BCUT2D eigenvalue weighted by atomic mass is 16.2. The molecule has 0 atom stereocenters. The molecule has 2 aliphatic heterocycles. The lowest BCUT2D eigenvalue weighted by Gasteiger charge is -2.21. The summed E-state index contributed by atoms with van der Waals surface area (Å²) < 4.78 is 0. The maximum absolute atomic E-state index is 14.3. The van der Waals surface area contributed by atoms with Crippen LogP contribution in [0.15, 0.2) is 24.3 Å². The molecule has 0 saturated heterocycles. The standard InChI is InChI=1S/C114H218N24O2/c1-11-101-97(7)105-93-106-99(9)103(53-55-113(139)137(15-5)91-51-49-89-131-87-47-45-85-129-83-43-41-81-127-79-39-37-77-125-75-35-33-73-123-71-31-29-69-121-67-27-25-65-119-63-23-21-61-117-59-19-17-57-115-13-3)111(135-106)96-112-104(100(10)108(136-112)95-110-102(12-2)98(8)107(134-110)94-109(101)133-105)54-56-114(140)138(16-6)92-52-50-90-132-88-48-46-86-130-84-44-42-82-128-80-40-38-78-126-76-36-34-74-124-72-32-30-70-122-68-28-26-66-120-64-24-22-62-118-60-20-18-58-116-14-4/h93-96,115-134H,11-92H2,1-10H3. The molecule has 0 aromatic carbocycles. The van der Waals surface area contributed by atoms with Crippen molar-refractivity contribution in [3.63, 3.8) is 0 Å². The zero-order chi connectivity index (χ0) is 99.9. The summed E-state index contributed by atoms with van der Waals surface area (Å²) >= 11 is 0. The Bertz CT molecular complexity index is 3710. The number of hydrogen-bond donors (Lipinski definition) is 20. The van der Waals surface area contributed by atoms with Crippen LogP contribution in [-0.4, -0.2) is 303 Å². The van der Waals surface area contributed by atoms with Gasteiger partial charge in [0.1, 0.15) is 0 Å². The number of amides is 2. The number of carbonyl (C=O) groups excluding carboxylic acids is 2. The minimum atomic E-state index is 0.182. The largest absolute Gasteiger partial charge is 0.355 e. The molecule has 26 nitrogen and oxygen atoms in total. The number of nitrogens with zero attached hydrogens (tertiary/aromatic N) is 4. The molecule has 3 aromatic rings. The first-order chi connectivity index (χ1) is 69.0. The van der Waals surface area contributed by atoms with Gasteiger partial charge in [0.25, 0.3) is 0 Å². The van der Waals surface area contributed by atoms with Crippen molar-refractivity contribution < 1.29 is 9.59 Å². The number of aromatic amines is 2. The van der Waals surface area contributed by atoms with Crippen LogP contribution in [0.25, 0.3) is 44.4 Å². The molecule has 2 aliphatic rings. The van der Waals surface area contributed by atoms with Crippen molar-refractivity contribution in [1.29, 1.82) is 0 Å². The summed E-state index contributed by atoms with van der Waals surface area (Å²) in [6.07, 6.45) is 47.4. The Kier molecular flexibility index (Phi) is 79.7. The zero-order valence-corrected chi connectivity index (χ0v) is 91.9. The second-order valence-electron chi connectivity index (χ2n) is 39.7. The number of fused-ring (bicyclic) bond motifs is 8. The summed E-state index contributed by atoms with van der Waals surface area (Å²) in [4.78, 5) is 51.3. The van der Waals surface area contributed by atoms with Gasteiger partial charge in [-0.05, 0) is 603 Å². The minimum Gasteiger partial charge on any atom is -0.355 e. The molecule has 8 bridgehead atoms. The third-order valence-electron chi connectivity index (χ3n) is 28.0. The van der Waals surface area contributed by atoms with Crippen molar-refractivity contribution in [3.05, 3.63) is 69.3 Å². The summed E-state index contributed by atoms with van der Waals surface area (Å²) in [5, 5.41) is 65.1. The van der Waals surface area contributed by atoms with Crippen LogP contribution in [0.5, 0.6) is 0 Å². The van der Waals surface area contributed by atoms with Crippen LogP contribution >= 0.6 is 0 Å². The Morgan fingerprint density at radius 3 is 0.621 bits per heavy atom. The van der Waals surface area contributed by atoms with Crippen molar-refractivity contribution >= 4 is 56.2 Å². The number of nitrogens with one attached hydrogen (secondary N) is 20. The first-order valence-electron chi connectivity index (χ1n) is 58.4. The van der Waals surface area contributed by atoms with E-state index in [9.17, 15) is 9.59 Å². The number of carbonyl (C=O) groups is 2. The molecule has 0 aliphatic carbocycles. The van der Waals surface area contributed by atoms with E-state index in [0.717, 1.165) is 367 Å². The van der Waals surface area contributed by atoms with Gasteiger partial charge in [0.15, 0.2) is 0 Å². The third kappa shape index (κ3) is 60.8. The highest BCUT2D eigenvalue weighted by Crippen LogP contribution is 2.39. The number of allylic oxidation sites excluding steroid dienone is 4. The number of aromatic nitrogens is 4. The van der Waals surface area contributed by atoms with E-state index in [1.807, 2.05) is 9.80 Å². The molecule has 0 radical (unpaired) electrons. The molecule has 0 saturated carbocycles. The van der Waals surface area contributed by atoms with Crippen molar-refractivity contribution in [1.82, 2.24) is 125 Å². The molecule has 140 heavy (non-hydrogen) atoms. The van der Waals surface area contributed by atoms with Gasteiger partial charge in [0.05, 0.1) is 22.8 Å². The van der Waals surface area contributed by atoms with Crippen LogP contribution in [0.4, 0.5) is 0 Å². The lowest BCUT2D eigenvalue weighted by Crippen LogP contribution is -2.32. The van der Waals surface area contributed by atoms with E-state index >= 15 is 0 Å². The summed E-state index contributed by atoms with van der Waals surface area (Å²) in [6.45, 7) is 64.7. The van der Waals surface area contributed by atoms with Gasteiger partial charge in [0, 0.05) is 61.1 Å². The van der Waals surface area contributed by atoms with E-state index in [4.69, 9.17) is 9.97 Å². The number of H-pyrrole nitrogens is 2. The molecule has 20 N–H and O–H groups in total. The smallest absolute Gasteiger partial charge is 0.222 e. The van der Waals surface area contributed by atoms with Crippen LogP contribution in [0.2, 0.25) is 0 Å². The molecular formula is C114H218N24O2. The number of hydrogen-bond acceptors (Lipinski definition) is 22. The molecule has 5 rings (SSSR count). The predicted molar refractivity (Wildman–Crippen MR) is 606 cm³/mol. The first kappa shape index (κ1) is 125. The van der Waals surface area contributed by atoms with E-state index in [1.165, 1.54) is 215 Å². The molecule has 5 heterocycles. The van der Waals surface area contributed by atoms with Gasteiger partial charge in [-0.1, -0.05) is 27.7 Å². The predicted octanol–water partition coefficient (Wildman–Crippen LogP) is 15.9. The average molecular weight is 1960 g/mol. The second kappa shape index (κ2) is 89.0. The van der Waals surface area contributed by atoms with Crippen molar-refractivity contribution in [3.8, 4) is 0 Å². The highest BCUT2D eigenvalue weighted by molar-refractivity contribution is 5.97. The van der Waals surface area contributed by atoms with Crippen molar-refractivity contribution in [2.24, 2.45) is 0 Å². The van der Waals surface area contributed by atoms with Gasteiger partial charge >= 0.3 is 0 Å². The van der Waals surface area contributed by atoms with Gasteiger partial charge in [-0.15, -0.1) is 0 Å². The van der Waals surface area contributed by atoms with Crippen LogP contribution in [-0.2, 0) is 22.4 Å². The monoisotopic (exact) mass is 1960 g/mol. The maximum Gasteiger partial charge on any atom is 0.222 e. The van der Waals surface area contributed by atoms with Gasteiger partial charge in [-0.3, -0.25) is 9.59 Å². The first-order valence-corrected chi connectivity index (χ1v) is 58.4. The van der Waals surface area contributed by atoms with E-state index in [2.05, 4.69) is 199 Å². The van der Waals surface area contributed by atoms with Crippen LogP contribution in [0.1, 0.15) is 357 Å². The third-order valence-corrected chi connectivity index (χ3v) is 28.0. The highest BCUT2D eigenvalue weighted by Gasteiger charge is 2.26. The zero-order valence-electron chi connectivity index (χ0n) is 91.9. The fraction of sp³-hybridized carbons (Fsp3) is 0.807. The molecule has 806 valence electrons. The molecule has 2 amide bonds. The van der Waals surface area contributed by atoms with E-state index in [0.29, 0.717) is 38.8 Å². The number of aryl methyl sites for hydroxylation is 4. The van der Waals surface area contributed by atoms with E-state index < -0.39 is 0 Å². The van der Waals surface area contributed by atoms with Gasteiger partial charge in [0.2, 0.25) is 11.8 Å². The molecule has 0 fully saturated rings. The summed E-state index contributed by atoms with van der Waals surface area (Å²) in [7, 11) is 0. The van der Waals surface area contributed by atoms with Crippen molar-refractivity contribution in [2.45, 2.75) is 339 Å². The summed E-state index contributed by atoms with van der Waals surface area (Å²) in [5.41, 5.74) is 17.2. The molecular weight excluding hydrogens is 1740 g/mol. The summed E-state index contributed by atoms with van der Waals surface area (Å²) in [6, 6.07) is 8.88. The topological polar surface area (TPSA) is 315 Å². The van der Waals surface area contributed by atoms with Crippen LogP contribution in [0.3, 0.4) is 0 Å². The van der Waals surface area contributed by atoms with E-state index in [-0.39, 0.29) is 11.8 Å². The maximum atomic E-state index is 14.3. The Morgan fingerprint density at radius 1 is 0.236 bits per heavy atom. The summed E-state index contributed by atoms with van der Waals surface area (Å²) in [5.74, 6) is 0.363. The Hall–Kier alpha value is -5.18. The second-order valence-corrected chi connectivity index (χ2v) is 39.7. The van der Waals surface area contributed by atoms with Gasteiger partial charge in [-0.25, -0.2) is 9.97 Å². The fourth-order valence-corrected chi connectivity index (χ4v) is 18.9. The molecule has 26 heteroatoms.